The van der Waals surface area contributed by atoms with E-state index in [4.69, 9.17) is 14.2 Å². The summed E-state index contributed by atoms with van der Waals surface area (Å²) in [6.45, 7) is 13.8. The third kappa shape index (κ3) is 5.14. The third-order valence-corrected chi connectivity index (χ3v) is 15.6. The zero-order valence-corrected chi connectivity index (χ0v) is 30.6. The molecule has 3 aliphatic heterocycles. The molecule has 1 N–H and O–H groups in total. The Morgan fingerprint density at radius 3 is 2.39 bits per heavy atom. The lowest BCUT2D eigenvalue weighted by molar-refractivity contribution is -0.146. The Hall–Kier alpha value is -4.25. The molecule has 1 saturated heterocycles. The molecular formula is C39H46N4O5Si. The van der Waals surface area contributed by atoms with Crippen molar-refractivity contribution in [1.82, 2.24) is 15.0 Å². The smallest absolute Gasteiger partial charge is 0.265 e. The van der Waals surface area contributed by atoms with Crippen LogP contribution in [0.15, 0.2) is 79.0 Å². The Bertz CT molecular complexity index is 1920. The first-order valence-corrected chi connectivity index (χ1v) is 20.1. The average Bonchev–Trinajstić information content (AvgIpc) is 3.76. The van der Waals surface area contributed by atoms with Crippen LogP contribution in [0.4, 0.5) is 5.69 Å². The van der Waals surface area contributed by atoms with Gasteiger partial charge in [0.2, 0.25) is 0 Å². The van der Waals surface area contributed by atoms with E-state index < -0.39 is 25.3 Å². The van der Waals surface area contributed by atoms with Crippen molar-refractivity contribution in [2.45, 2.75) is 82.6 Å². The van der Waals surface area contributed by atoms with Gasteiger partial charge < -0.3 is 19.3 Å². The van der Waals surface area contributed by atoms with Crippen LogP contribution in [0, 0.1) is 5.92 Å². The second-order valence-electron chi connectivity index (χ2n) is 14.9. The number of benzene rings is 3. The number of aliphatic hydroxyl groups is 1. The highest BCUT2D eigenvalue weighted by Gasteiger charge is 2.68. The van der Waals surface area contributed by atoms with Gasteiger partial charge in [0.05, 0.1) is 45.8 Å². The Labute approximate surface area is 289 Å². The second-order valence-corrected chi connectivity index (χ2v) is 19.5. The van der Waals surface area contributed by atoms with Gasteiger partial charge >= 0.3 is 0 Å². The number of hydrogen-bond acceptors (Lipinski definition) is 7. The first-order valence-electron chi connectivity index (χ1n) is 17.1. The van der Waals surface area contributed by atoms with Crippen LogP contribution in [0.3, 0.4) is 0 Å². The maximum Gasteiger partial charge on any atom is 0.265 e. The maximum atomic E-state index is 15.1. The average molecular weight is 679 g/mol. The molecule has 10 heteroatoms. The summed E-state index contributed by atoms with van der Waals surface area (Å²) < 4.78 is 20.4. The number of aromatic nitrogens is 3. The Balaban J connectivity index is 1.30. The number of carbonyl (C=O) groups is 1. The maximum absolute atomic E-state index is 15.1. The number of fused-ring (bicyclic) bond motifs is 1. The Kier molecular flexibility index (Phi) is 8.12. The second kappa shape index (κ2) is 12.0. The fraction of sp³-hybridized carbons (Fsp3) is 0.410. The van der Waals surface area contributed by atoms with Crippen LogP contribution < -0.4 is 19.6 Å². The van der Waals surface area contributed by atoms with Crippen LogP contribution >= 0.6 is 0 Å². The van der Waals surface area contributed by atoms with E-state index in [1.165, 1.54) is 5.19 Å². The van der Waals surface area contributed by atoms with Crippen LogP contribution in [0.5, 0.6) is 11.5 Å². The summed E-state index contributed by atoms with van der Waals surface area (Å²) in [6, 6.07) is 21.9. The summed E-state index contributed by atoms with van der Waals surface area (Å²) >= 11 is 0. The fourth-order valence-corrected chi connectivity index (χ4v) is 12.9. The van der Waals surface area contributed by atoms with Gasteiger partial charge in [-0.15, -0.1) is 5.10 Å². The molecule has 9 nitrogen and oxygen atoms in total. The number of amides is 1. The molecule has 1 spiro atoms. The van der Waals surface area contributed by atoms with Gasteiger partial charge in [0, 0.05) is 23.6 Å². The summed E-state index contributed by atoms with van der Waals surface area (Å²) in [6.07, 6.45) is 3.48. The summed E-state index contributed by atoms with van der Waals surface area (Å²) in [7, 11) is 1.03. The molecule has 4 heterocycles. The fourth-order valence-electron chi connectivity index (χ4n) is 8.86. The van der Waals surface area contributed by atoms with Gasteiger partial charge in [0.15, 0.2) is 5.60 Å². The molecule has 256 valence electrons. The van der Waals surface area contributed by atoms with Crippen molar-refractivity contribution < 1.29 is 24.1 Å². The van der Waals surface area contributed by atoms with Crippen molar-refractivity contribution in [1.29, 1.82) is 0 Å². The normalized spacial score (nSPS) is 24.6. The number of aliphatic hydroxyl groups excluding tert-OH is 1. The van der Waals surface area contributed by atoms with E-state index in [0.717, 1.165) is 33.7 Å². The predicted octanol–water partition coefficient (Wildman–Crippen LogP) is 6.23. The highest BCUT2D eigenvalue weighted by molar-refractivity contribution is 6.91. The van der Waals surface area contributed by atoms with Crippen molar-refractivity contribution >= 4 is 30.4 Å². The molecule has 3 aromatic carbocycles. The molecule has 1 amide bonds. The molecule has 49 heavy (non-hydrogen) atoms. The number of nitrogens with zero attached hydrogens (tertiary/aromatic N) is 4. The molecule has 0 unspecified atom stereocenters. The van der Waals surface area contributed by atoms with E-state index in [9.17, 15) is 5.11 Å². The molecule has 1 fully saturated rings. The number of hydrogen-bond donors (Lipinski definition) is 1. The standard InChI is InChI=1S/C39H46N4O5Si/c1-24-22-38(3,4)43-34-30(24)20-28(47-6)21-31(34)39(37(43)45)25(2)36(49(7,8)29-16-14-27(46-5)15-17-29)33(48-39)18-19-42-23-32(40-41-42)35(44)26-12-10-9-11-13-26/h9-17,20-23,25,33,35-36,44H,18-19H2,1-8H3/t25-,33+,35+,36-,39+/m0/s1. The van der Waals surface area contributed by atoms with E-state index in [1.807, 2.05) is 59.5 Å². The summed E-state index contributed by atoms with van der Waals surface area (Å²) in [5.41, 5.74) is 3.56. The molecule has 5 atom stereocenters. The zero-order valence-electron chi connectivity index (χ0n) is 29.6. The largest absolute Gasteiger partial charge is 0.497 e. The molecule has 0 saturated carbocycles. The minimum atomic E-state index is -2.33. The van der Waals surface area contributed by atoms with Crippen LogP contribution in [0.2, 0.25) is 18.6 Å². The first kappa shape index (κ1) is 33.3. The lowest BCUT2D eigenvalue weighted by Gasteiger charge is -2.40. The molecule has 1 aromatic heterocycles. The highest BCUT2D eigenvalue weighted by Crippen LogP contribution is 2.63. The Morgan fingerprint density at radius 1 is 1.02 bits per heavy atom. The van der Waals surface area contributed by atoms with Gasteiger partial charge in [-0.2, -0.15) is 0 Å². The summed E-state index contributed by atoms with van der Waals surface area (Å²) in [4.78, 5) is 17.1. The SMILES string of the molecule is COc1ccc([Si](C)(C)[C@@H]2[C@@H](CCn3cc([C@H](O)c4ccccc4)nn3)O[C@]3(C(=O)N4c5c(cc(OC)cc53)C(C)=CC4(C)C)[C@H]2C)cc1. The summed E-state index contributed by atoms with van der Waals surface area (Å²) in [5, 5.41) is 21.0. The molecule has 0 aliphatic carbocycles. The minimum Gasteiger partial charge on any atom is -0.497 e. The predicted molar refractivity (Wildman–Crippen MR) is 193 cm³/mol. The molecular weight excluding hydrogens is 633 g/mol. The van der Waals surface area contributed by atoms with Crippen molar-refractivity contribution in [3.63, 3.8) is 0 Å². The number of carbonyl (C=O) groups excluding carboxylic acids is 1. The van der Waals surface area contributed by atoms with Crippen LogP contribution in [-0.2, 0) is 21.7 Å². The van der Waals surface area contributed by atoms with E-state index in [1.54, 1.807) is 25.1 Å². The first-order chi connectivity index (χ1) is 23.3. The number of aryl methyl sites for hydroxylation is 1. The molecule has 4 aromatic rings. The number of allylic oxidation sites excluding steroid dienone is 1. The number of anilines is 1. The lowest BCUT2D eigenvalue weighted by Crippen LogP contribution is -2.54. The quantitative estimate of drug-likeness (QED) is 0.210. The number of rotatable bonds is 9. The molecule has 7 rings (SSSR count). The van der Waals surface area contributed by atoms with Crippen LogP contribution in [-0.4, -0.2) is 59.9 Å². The van der Waals surface area contributed by atoms with Crippen molar-refractivity contribution in [2.75, 3.05) is 19.1 Å². The topological polar surface area (TPSA) is 98.9 Å². The Morgan fingerprint density at radius 2 is 1.71 bits per heavy atom. The van der Waals surface area contributed by atoms with Crippen LogP contribution in [0.1, 0.15) is 62.6 Å². The zero-order chi connectivity index (χ0) is 34.9. The van der Waals surface area contributed by atoms with Crippen molar-refractivity contribution in [3.05, 3.63) is 101 Å². The number of ether oxygens (including phenoxy) is 3. The van der Waals surface area contributed by atoms with E-state index in [0.29, 0.717) is 24.4 Å². The van der Waals surface area contributed by atoms with Gasteiger partial charge in [-0.25, -0.2) is 0 Å². The van der Waals surface area contributed by atoms with Gasteiger partial charge in [0.25, 0.3) is 5.91 Å². The minimum absolute atomic E-state index is 0.0145. The van der Waals surface area contributed by atoms with Crippen molar-refractivity contribution in [2.24, 2.45) is 5.92 Å². The monoisotopic (exact) mass is 678 g/mol. The van der Waals surface area contributed by atoms with Gasteiger partial charge in [-0.05, 0) is 68.1 Å². The molecule has 0 radical (unpaired) electrons. The molecule has 3 aliphatic rings. The van der Waals surface area contributed by atoms with E-state index >= 15 is 4.79 Å². The third-order valence-electron chi connectivity index (χ3n) is 11.2. The van der Waals surface area contributed by atoms with Crippen molar-refractivity contribution in [3.8, 4) is 11.5 Å². The van der Waals surface area contributed by atoms with Gasteiger partial charge in [0.1, 0.15) is 23.3 Å². The van der Waals surface area contributed by atoms with Crippen LogP contribution in [0.25, 0.3) is 5.57 Å². The molecule has 0 bridgehead atoms. The highest BCUT2D eigenvalue weighted by atomic mass is 28.3. The van der Waals surface area contributed by atoms with E-state index in [-0.39, 0.29) is 23.5 Å². The summed E-state index contributed by atoms with van der Waals surface area (Å²) in [5.74, 6) is 1.37. The van der Waals surface area contributed by atoms with E-state index in [2.05, 4.69) is 69.3 Å². The lowest BCUT2D eigenvalue weighted by atomic mass is 9.81. The van der Waals surface area contributed by atoms with Gasteiger partial charge in [-0.3, -0.25) is 14.4 Å². The number of methoxy groups -OCH3 is 2. The van der Waals surface area contributed by atoms with Gasteiger partial charge in [-0.1, -0.05) is 79.0 Å².